The molecule has 7 heteroatoms. The van der Waals surface area contributed by atoms with E-state index in [0.29, 0.717) is 12.0 Å². The van der Waals surface area contributed by atoms with E-state index in [1.807, 2.05) is 33.8 Å². The summed E-state index contributed by atoms with van der Waals surface area (Å²) in [6.45, 7) is 11.4. The molecule has 3 rings (SSSR count). The van der Waals surface area contributed by atoms with Gasteiger partial charge < -0.3 is 10.4 Å². The zero-order valence-electron chi connectivity index (χ0n) is 17.1. The van der Waals surface area contributed by atoms with Gasteiger partial charge in [0, 0.05) is 34.1 Å². The summed E-state index contributed by atoms with van der Waals surface area (Å²) in [5.74, 6) is 2.72. The van der Waals surface area contributed by atoms with Crippen LogP contribution in [0.4, 0.5) is 11.5 Å². The predicted octanol–water partition coefficient (Wildman–Crippen LogP) is 4.46. The number of aliphatic imine (C=N–C) groups is 1. The van der Waals surface area contributed by atoms with Gasteiger partial charge in [0.25, 0.3) is 0 Å². The van der Waals surface area contributed by atoms with E-state index >= 15 is 0 Å². The summed E-state index contributed by atoms with van der Waals surface area (Å²) in [7, 11) is 0. The van der Waals surface area contributed by atoms with Crippen LogP contribution in [-0.2, 0) is 5.75 Å². The Morgan fingerprint density at radius 3 is 2.79 bits per heavy atom. The smallest absolute Gasteiger partial charge is 0.134 e. The molecule has 0 amide bonds. The molecule has 2 N–H and O–H groups in total. The zero-order valence-corrected chi connectivity index (χ0v) is 17.9. The maximum Gasteiger partial charge on any atom is 0.134 e. The number of rotatable bonds is 7. The quantitative estimate of drug-likeness (QED) is 0.528. The second-order valence-electron chi connectivity index (χ2n) is 7.98. The van der Waals surface area contributed by atoms with Gasteiger partial charge in [-0.1, -0.05) is 0 Å². The van der Waals surface area contributed by atoms with Crippen LogP contribution < -0.4 is 5.32 Å². The molecular weight excluding hydrogens is 370 g/mol. The summed E-state index contributed by atoms with van der Waals surface area (Å²) in [6, 6.07) is 2.28. The number of nitrogens with zero attached hydrogens (tertiary/aromatic N) is 4. The van der Waals surface area contributed by atoms with Crippen LogP contribution in [0, 0.1) is 19.8 Å². The van der Waals surface area contributed by atoms with Crippen molar-refractivity contribution >= 4 is 30.0 Å². The topological polar surface area (TPSA) is 83.3 Å². The molecule has 150 valence electrons. The molecule has 28 heavy (non-hydrogen) atoms. The van der Waals surface area contributed by atoms with Crippen molar-refractivity contribution in [1.29, 1.82) is 0 Å². The lowest BCUT2D eigenvalue weighted by Crippen LogP contribution is -2.30. The number of pyridine rings is 1. The first-order valence-corrected chi connectivity index (χ1v) is 10.6. The first kappa shape index (κ1) is 20.7. The van der Waals surface area contributed by atoms with Gasteiger partial charge in [0.1, 0.15) is 11.6 Å². The number of aryl methyl sites for hydroxylation is 2. The number of nitrogens with one attached hydrogen (secondary N) is 1. The molecule has 2 aromatic heterocycles. The Morgan fingerprint density at radius 1 is 1.32 bits per heavy atom. The largest absolute Gasteiger partial charge is 0.390 e. The van der Waals surface area contributed by atoms with E-state index in [1.165, 1.54) is 0 Å². The van der Waals surface area contributed by atoms with Crippen molar-refractivity contribution in [3.63, 3.8) is 0 Å². The molecule has 0 spiro atoms. The Labute approximate surface area is 171 Å². The number of hydrogen-bond acceptors (Lipinski definition) is 7. The molecule has 2 aromatic rings. The van der Waals surface area contributed by atoms with Crippen LogP contribution in [0.15, 0.2) is 28.3 Å². The van der Waals surface area contributed by atoms with Crippen LogP contribution in [0.5, 0.6) is 0 Å². The minimum Gasteiger partial charge on any atom is -0.390 e. The van der Waals surface area contributed by atoms with Gasteiger partial charge in [-0.05, 0) is 65.7 Å². The second-order valence-corrected chi connectivity index (χ2v) is 9.00. The van der Waals surface area contributed by atoms with E-state index in [2.05, 4.69) is 27.0 Å². The van der Waals surface area contributed by atoms with Gasteiger partial charge >= 0.3 is 0 Å². The van der Waals surface area contributed by atoms with Crippen molar-refractivity contribution in [3.8, 4) is 0 Å². The van der Waals surface area contributed by atoms with Crippen molar-refractivity contribution in [2.75, 3.05) is 5.32 Å². The maximum atomic E-state index is 10.3. The lowest BCUT2D eigenvalue weighted by atomic mass is 9.89. The maximum absolute atomic E-state index is 10.3. The highest BCUT2D eigenvalue weighted by Crippen LogP contribution is 2.37. The predicted molar refractivity (Wildman–Crippen MR) is 116 cm³/mol. The van der Waals surface area contributed by atoms with E-state index in [4.69, 9.17) is 4.98 Å². The van der Waals surface area contributed by atoms with Gasteiger partial charge in [0.2, 0.25) is 0 Å². The van der Waals surface area contributed by atoms with Crippen LogP contribution in [0.1, 0.15) is 50.2 Å². The third kappa shape index (κ3) is 4.89. The first-order valence-electron chi connectivity index (χ1n) is 9.64. The minimum atomic E-state index is -0.637. The summed E-state index contributed by atoms with van der Waals surface area (Å²) in [5.41, 5.74) is 2.24. The number of hydrogen-bond donors (Lipinski definition) is 2. The highest BCUT2D eigenvalue weighted by Gasteiger charge is 2.35. The van der Waals surface area contributed by atoms with Crippen molar-refractivity contribution in [1.82, 2.24) is 15.0 Å². The molecule has 1 saturated carbocycles. The van der Waals surface area contributed by atoms with Crippen molar-refractivity contribution < 1.29 is 5.11 Å². The standard InChI is InChI=1S/C21H29N5OS/c1-13-17(12-28-19-8-9-23-11-18(19)22-5)20(25-14(2)24-13)26-16-7-6-15(10-16)21(3,4)27/h8-9,11,15-16,27H,5-7,10,12H2,1-4H3,(H,24,25,26). The Bertz CT molecular complexity index is 849. The molecule has 1 fully saturated rings. The highest BCUT2D eigenvalue weighted by molar-refractivity contribution is 7.98. The minimum absolute atomic E-state index is 0.310. The van der Waals surface area contributed by atoms with Gasteiger partial charge in [-0.15, -0.1) is 11.8 Å². The molecular formula is C21H29N5OS. The second kappa shape index (κ2) is 8.57. The van der Waals surface area contributed by atoms with Gasteiger partial charge in [-0.25, -0.2) is 9.97 Å². The normalized spacial score (nSPS) is 19.6. The van der Waals surface area contributed by atoms with E-state index < -0.39 is 5.60 Å². The van der Waals surface area contributed by atoms with Crippen molar-refractivity contribution in [2.24, 2.45) is 10.9 Å². The van der Waals surface area contributed by atoms with Crippen molar-refractivity contribution in [2.45, 2.75) is 69.2 Å². The Hall–Kier alpha value is -1.99. The lowest BCUT2D eigenvalue weighted by molar-refractivity contribution is 0.0197. The SMILES string of the molecule is C=Nc1cnccc1SCc1c(C)nc(C)nc1NC1CCC(C(C)(C)O)C1. The van der Waals surface area contributed by atoms with Gasteiger partial charge in [0.05, 0.1) is 17.5 Å². The van der Waals surface area contributed by atoms with Crippen LogP contribution in [0.3, 0.4) is 0 Å². The highest BCUT2D eigenvalue weighted by atomic mass is 32.2. The molecule has 1 aliphatic rings. The van der Waals surface area contributed by atoms with Gasteiger partial charge in [-0.3, -0.25) is 9.98 Å². The summed E-state index contributed by atoms with van der Waals surface area (Å²) in [6.07, 6.45) is 6.51. The lowest BCUT2D eigenvalue weighted by Gasteiger charge is -2.25. The molecule has 0 saturated heterocycles. The fraction of sp³-hybridized carbons (Fsp3) is 0.524. The molecule has 0 aliphatic heterocycles. The van der Waals surface area contributed by atoms with E-state index in [0.717, 1.165) is 58.5 Å². The Morgan fingerprint density at radius 2 is 2.11 bits per heavy atom. The molecule has 2 atom stereocenters. The average Bonchev–Trinajstić information content (AvgIpc) is 3.10. The summed E-state index contributed by atoms with van der Waals surface area (Å²) in [4.78, 5) is 18.5. The van der Waals surface area contributed by atoms with Crippen LogP contribution >= 0.6 is 11.8 Å². The number of aromatic nitrogens is 3. The summed E-state index contributed by atoms with van der Waals surface area (Å²) < 4.78 is 0. The summed E-state index contributed by atoms with van der Waals surface area (Å²) >= 11 is 1.69. The number of thioether (sulfide) groups is 1. The first-order chi connectivity index (χ1) is 13.3. The molecule has 2 unspecified atom stereocenters. The average molecular weight is 400 g/mol. The third-order valence-corrected chi connectivity index (χ3v) is 6.49. The molecule has 1 aliphatic carbocycles. The fourth-order valence-electron chi connectivity index (χ4n) is 3.74. The zero-order chi connectivity index (χ0) is 20.3. The number of anilines is 1. The van der Waals surface area contributed by atoms with Crippen LogP contribution in [0.2, 0.25) is 0 Å². The molecule has 0 aromatic carbocycles. The molecule has 2 heterocycles. The third-order valence-electron chi connectivity index (χ3n) is 5.40. The van der Waals surface area contributed by atoms with E-state index in [9.17, 15) is 5.11 Å². The molecule has 0 radical (unpaired) electrons. The number of aliphatic hydroxyl groups is 1. The van der Waals surface area contributed by atoms with E-state index in [1.54, 1.807) is 24.2 Å². The summed E-state index contributed by atoms with van der Waals surface area (Å²) in [5, 5.41) is 14.0. The van der Waals surface area contributed by atoms with Gasteiger partial charge in [0.15, 0.2) is 0 Å². The van der Waals surface area contributed by atoms with Crippen LogP contribution in [0.25, 0.3) is 0 Å². The van der Waals surface area contributed by atoms with Gasteiger partial charge in [-0.2, -0.15) is 0 Å². The molecule has 6 nitrogen and oxygen atoms in total. The fourth-order valence-corrected chi connectivity index (χ4v) is 4.81. The molecule has 0 bridgehead atoms. The van der Waals surface area contributed by atoms with E-state index in [-0.39, 0.29) is 0 Å². The van der Waals surface area contributed by atoms with Crippen molar-refractivity contribution in [3.05, 3.63) is 35.5 Å². The van der Waals surface area contributed by atoms with Crippen LogP contribution in [-0.4, -0.2) is 38.4 Å². The Balaban J connectivity index is 1.78. The monoisotopic (exact) mass is 399 g/mol. The Kier molecular flexibility index (Phi) is 6.35.